The van der Waals surface area contributed by atoms with Gasteiger partial charge in [-0.1, -0.05) is 23.7 Å². The van der Waals surface area contributed by atoms with E-state index in [1.54, 1.807) is 10.9 Å². The van der Waals surface area contributed by atoms with Crippen LogP contribution < -0.4 is 5.46 Å². The van der Waals surface area contributed by atoms with Crippen molar-refractivity contribution in [3.63, 3.8) is 0 Å². The van der Waals surface area contributed by atoms with Gasteiger partial charge in [-0.25, -0.2) is 4.68 Å². The van der Waals surface area contributed by atoms with Crippen LogP contribution in [0, 0.1) is 0 Å². The lowest BCUT2D eigenvalue weighted by molar-refractivity contribution is 0.885. The first kappa shape index (κ1) is 7.16. The van der Waals surface area contributed by atoms with Crippen molar-refractivity contribution in [3.05, 3.63) is 42.7 Å². The molecule has 0 aliphatic carbocycles. The monoisotopic (exact) mass is 154 g/mol. The quantitative estimate of drug-likeness (QED) is 0.552. The van der Waals surface area contributed by atoms with E-state index in [0.29, 0.717) is 0 Å². The molecule has 0 spiro atoms. The molecule has 2 aromatic rings. The molecule has 1 aromatic heterocycles. The summed E-state index contributed by atoms with van der Waals surface area (Å²) in [6.07, 6.45) is 3.60. The standard InChI is InChI=1S/C9H7BN2/c10-8-4-1-2-5-9(8)12-7-3-6-11-12/h1-7H. The summed E-state index contributed by atoms with van der Waals surface area (Å²) in [6.45, 7) is 0. The number of benzene rings is 1. The summed E-state index contributed by atoms with van der Waals surface area (Å²) in [5, 5.41) is 4.08. The Labute approximate surface area is 72.2 Å². The Kier molecular flexibility index (Phi) is 1.70. The van der Waals surface area contributed by atoms with Crippen molar-refractivity contribution in [2.75, 3.05) is 0 Å². The fourth-order valence-electron chi connectivity index (χ4n) is 1.11. The highest BCUT2D eigenvalue weighted by molar-refractivity contribution is 6.34. The first-order valence-corrected chi connectivity index (χ1v) is 3.72. The molecule has 2 rings (SSSR count). The fraction of sp³-hybridized carbons (Fsp3) is 0. The highest BCUT2D eigenvalue weighted by Gasteiger charge is 1.96. The van der Waals surface area contributed by atoms with Gasteiger partial charge in [0.15, 0.2) is 0 Å². The van der Waals surface area contributed by atoms with E-state index in [1.807, 2.05) is 36.5 Å². The van der Waals surface area contributed by atoms with Crippen molar-refractivity contribution in [1.82, 2.24) is 9.78 Å². The molecule has 0 saturated carbocycles. The summed E-state index contributed by atoms with van der Waals surface area (Å²) in [4.78, 5) is 0. The highest BCUT2D eigenvalue weighted by Crippen LogP contribution is 2.00. The number of hydrogen-bond donors (Lipinski definition) is 0. The maximum absolute atomic E-state index is 5.75. The molecule has 2 radical (unpaired) electrons. The van der Waals surface area contributed by atoms with Gasteiger partial charge in [-0.05, 0) is 12.1 Å². The zero-order chi connectivity index (χ0) is 8.39. The Morgan fingerprint density at radius 3 is 2.67 bits per heavy atom. The molecule has 0 N–H and O–H groups in total. The number of aromatic nitrogens is 2. The van der Waals surface area contributed by atoms with Crippen molar-refractivity contribution >= 4 is 13.3 Å². The molecule has 3 heteroatoms. The molecule has 0 aliphatic heterocycles. The van der Waals surface area contributed by atoms with Crippen LogP contribution in [0.1, 0.15) is 0 Å². The third-order valence-electron chi connectivity index (χ3n) is 1.69. The first-order chi connectivity index (χ1) is 5.88. The smallest absolute Gasteiger partial charge is 0.116 e. The second kappa shape index (κ2) is 2.85. The van der Waals surface area contributed by atoms with E-state index in [-0.39, 0.29) is 0 Å². The van der Waals surface area contributed by atoms with Crippen LogP contribution in [0.15, 0.2) is 42.7 Å². The van der Waals surface area contributed by atoms with Crippen LogP contribution in [-0.2, 0) is 0 Å². The van der Waals surface area contributed by atoms with Gasteiger partial charge in [-0.3, -0.25) is 0 Å². The maximum Gasteiger partial charge on any atom is 0.116 e. The van der Waals surface area contributed by atoms with Crippen LogP contribution >= 0.6 is 0 Å². The number of nitrogens with zero attached hydrogens (tertiary/aromatic N) is 2. The van der Waals surface area contributed by atoms with Crippen molar-refractivity contribution in [2.24, 2.45) is 0 Å². The molecule has 56 valence electrons. The van der Waals surface area contributed by atoms with E-state index in [0.717, 1.165) is 11.2 Å². The van der Waals surface area contributed by atoms with Gasteiger partial charge in [0.05, 0.1) is 5.69 Å². The lowest BCUT2D eigenvalue weighted by Gasteiger charge is -2.04. The zero-order valence-corrected chi connectivity index (χ0v) is 6.51. The third kappa shape index (κ3) is 1.14. The zero-order valence-electron chi connectivity index (χ0n) is 6.51. The Bertz CT molecular complexity index is 368. The Hall–Kier alpha value is -1.51. The van der Waals surface area contributed by atoms with Gasteiger partial charge in [0.2, 0.25) is 0 Å². The van der Waals surface area contributed by atoms with Crippen LogP contribution in [-0.4, -0.2) is 17.6 Å². The predicted molar refractivity (Wildman–Crippen MR) is 49.0 cm³/mol. The molecule has 0 fully saturated rings. The summed E-state index contributed by atoms with van der Waals surface area (Å²) < 4.78 is 1.75. The van der Waals surface area contributed by atoms with Crippen molar-refractivity contribution in [1.29, 1.82) is 0 Å². The molecular formula is C9H7BN2. The number of hydrogen-bond acceptors (Lipinski definition) is 1. The van der Waals surface area contributed by atoms with Gasteiger partial charge in [0.1, 0.15) is 7.85 Å². The Morgan fingerprint density at radius 2 is 2.00 bits per heavy atom. The largest absolute Gasteiger partial charge is 0.242 e. The van der Waals surface area contributed by atoms with E-state index in [1.165, 1.54) is 0 Å². The molecule has 2 nitrogen and oxygen atoms in total. The van der Waals surface area contributed by atoms with Gasteiger partial charge < -0.3 is 0 Å². The summed E-state index contributed by atoms with van der Waals surface area (Å²) in [5.41, 5.74) is 1.66. The predicted octanol–water partition coefficient (Wildman–Crippen LogP) is 0.666. The summed E-state index contributed by atoms with van der Waals surface area (Å²) in [5.74, 6) is 0. The van der Waals surface area contributed by atoms with E-state index in [9.17, 15) is 0 Å². The van der Waals surface area contributed by atoms with Gasteiger partial charge in [-0.15, -0.1) is 0 Å². The van der Waals surface area contributed by atoms with Crippen LogP contribution in [0.5, 0.6) is 0 Å². The summed E-state index contributed by atoms with van der Waals surface area (Å²) >= 11 is 0. The molecule has 0 saturated heterocycles. The molecule has 0 bridgehead atoms. The second-order valence-corrected chi connectivity index (χ2v) is 2.51. The van der Waals surface area contributed by atoms with E-state index < -0.39 is 0 Å². The lowest BCUT2D eigenvalue weighted by atomic mass is 9.94. The normalized spacial score (nSPS) is 10.0. The van der Waals surface area contributed by atoms with E-state index in [4.69, 9.17) is 7.85 Å². The first-order valence-electron chi connectivity index (χ1n) is 3.72. The van der Waals surface area contributed by atoms with Gasteiger partial charge in [0, 0.05) is 12.4 Å². The molecule has 0 aliphatic rings. The SMILES string of the molecule is [B]c1ccccc1-n1cccn1. The molecule has 1 heterocycles. The summed E-state index contributed by atoms with van der Waals surface area (Å²) in [6, 6.07) is 9.50. The highest BCUT2D eigenvalue weighted by atomic mass is 15.3. The molecule has 12 heavy (non-hydrogen) atoms. The van der Waals surface area contributed by atoms with Crippen molar-refractivity contribution in [2.45, 2.75) is 0 Å². The number of para-hydroxylation sites is 1. The van der Waals surface area contributed by atoms with Crippen LogP contribution in [0.2, 0.25) is 0 Å². The van der Waals surface area contributed by atoms with Crippen molar-refractivity contribution in [3.8, 4) is 5.69 Å². The van der Waals surface area contributed by atoms with Crippen LogP contribution in [0.25, 0.3) is 5.69 Å². The van der Waals surface area contributed by atoms with Gasteiger partial charge in [-0.2, -0.15) is 5.10 Å². The minimum Gasteiger partial charge on any atom is -0.242 e. The molecule has 0 atom stereocenters. The average molecular weight is 154 g/mol. The summed E-state index contributed by atoms with van der Waals surface area (Å²) in [7, 11) is 5.75. The fourth-order valence-corrected chi connectivity index (χ4v) is 1.11. The minimum atomic E-state index is 0.737. The second-order valence-electron chi connectivity index (χ2n) is 2.51. The molecule has 0 unspecified atom stereocenters. The Morgan fingerprint density at radius 1 is 1.17 bits per heavy atom. The van der Waals surface area contributed by atoms with Gasteiger partial charge in [0.25, 0.3) is 0 Å². The van der Waals surface area contributed by atoms with Crippen LogP contribution in [0.3, 0.4) is 0 Å². The molecule has 0 amide bonds. The lowest BCUT2D eigenvalue weighted by Crippen LogP contribution is -2.11. The topological polar surface area (TPSA) is 17.8 Å². The third-order valence-corrected chi connectivity index (χ3v) is 1.69. The molecular weight excluding hydrogens is 147 g/mol. The number of rotatable bonds is 1. The van der Waals surface area contributed by atoms with Gasteiger partial charge >= 0.3 is 0 Å². The minimum absolute atomic E-state index is 0.737. The van der Waals surface area contributed by atoms with E-state index in [2.05, 4.69) is 5.10 Å². The van der Waals surface area contributed by atoms with Crippen molar-refractivity contribution < 1.29 is 0 Å². The molecule has 1 aromatic carbocycles. The maximum atomic E-state index is 5.75. The Balaban J connectivity index is 2.55. The van der Waals surface area contributed by atoms with Crippen LogP contribution in [0.4, 0.5) is 0 Å². The van der Waals surface area contributed by atoms with E-state index >= 15 is 0 Å². The average Bonchev–Trinajstić information content (AvgIpc) is 2.57.